The summed E-state index contributed by atoms with van der Waals surface area (Å²) < 4.78 is 0. The Hall–Kier alpha value is -0.540. The molecule has 0 spiro atoms. The van der Waals surface area contributed by atoms with Crippen LogP contribution in [-0.2, 0) is 0 Å². The fourth-order valence-electron chi connectivity index (χ4n) is 2.89. The number of nitrogens with zero attached hydrogens (tertiary/aromatic N) is 1. The van der Waals surface area contributed by atoms with E-state index in [9.17, 15) is 0 Å². The molecule has 1 N–H and O–H groups in total. The van der Waals surface area contributed by atoms with Crippen LogP contribution in [0.25, 0.3) is 0 Å². The fourth-order valence-corrected chi connectivity index (χ4v) is 4.27. The first kappa shape index (κ1) is 15.8. The van der Waals surface area contributed by atoms with Crippen molar-refractivity contribution in [2.24, 2.45) is 5.92 Å². The number of pyridine rings is 1. The fraction of sp³-hybridized carbons (Fsp3) is 0.706. The van der Waals surface area contributed by atoms with Crippen molar-refractivity contribution in [3.63, 3.8) is 0 Å². The Bertz CT molecular complexity index is 408. The summed E-state index contributed by atoms with van der Waals surface area (Å²) in [6.07, 6.45) is 8.63. The van der Waals surface area contributed by atoms with Crippen LogP contribution in [0.5, 0.6) is 0 Å². The van der Waals surface area contributed by atoms with Gasteiger partial charge in [-0.15, -0.1) is 11.8 Å². The first-order valence-electron chi connectivity index (χ1n) is 8.05. The maximum absolute atomic E-state index is 4.56. The number of aromatic nitrogens is 1. The molecule has 1 aromatic rings. The van der Waals surface area contributed by atoms with Crippen LogP contribution in [0.4, 0.5) is 0 Å². The number of nitrogens with one attached hydrogen (secondary N) is 1. The normalized spacial score (nSPS) is 24.6. The third kappa shape index (κ3) is 4.78. The minimum absolute atomic E-state index is 0.419. The Kier molecular flexibility index (Phi) is 6.37. The van der Waals surface area contributed by atoms with E-state index in [1.54, 1.807) is 0 Å². The van der Waals surface area contributed by atoms with Crippen LogP contribution in [0.1, 0.15) is 64.5 Å². The highest BCUT2D eigenvalue weighted by Crippen LogP contribution is 2.35. The molecule has 2 nitrogen and oxygen atoms in total. The molecule has 3 heteroatoms. The number of rotatable bonds is 6. The van der Waals surface area contributed by atoms with Gasteiger partial charge in [0.05, 0.1) is 5.03 Å². The van der Waals surface area contributed by atoms with Gasteiger partial charge in [-0.1, -0.05) is 26.7 Å². The average molecular weight is 292 g/mol. The molecule has 112 valence electrons. The van der Waals surface area contributed by atoms with Gasteiger partial charge in [-0.2, -0.15) is 0 Å². The van der Waals surface area contributed by atoms with Gasteiger partial charge in [0.1, 0.15) is 0 Å². The molecule has 1 aromatic heterocycles. The minimum atomic E-state index is 0.419. The highest BCUT2D eigenvalue weighted by molar-refractivity contribution is 7.99. The molecule has 1 saturated carbocycles. The quantitative estimate of drug-likeness (QED) is 0.814. The highest BCUT2D eigenvalue weighted by atomic mass is 32.2. The molecular formula is C17H28N2S. The van der Waals surface area contributed by atoms with Crippen LogP contribution >= 0.6 is 11.8 Å². The molecule has 20 heavy (non-hydrogen) atoms. The molecule has 0 saturated heterocycles. The van der Waals surface area contributed by atoms with Crippen LogP contribution in [-0.4, -0.2) is 16.8 Å². The van der Waals surface area contributed by atoms with Crippen molar-refractivity contribution in [1.82, 2.24) is 10.3 Å². The van der Waals surface area contributed by atoms with Crippen LogP contribution in [0, 0.1) is 5.92 Å². The molecule has 3 atom stereocenters. The smallest absolute Gasteiger partial charge is 0.0965 e. The van der Waals surface area contributed by atoms with Gasteiger partial charge in [-0.25, -0.2) is 4.98 Å². The summed E-state index contributed by atoms with van der Waals surface area (Å²) in [4.78, 5) is 4.56. The second kappa shape index (κ2) is 8.04. The second-order valence-electron chi connectivity index (χ2n) is 6.11. The Labute approximate surface area is 128 Å². The SMILES string of the molecule is CCCNC(C)c1ccnc(SC2CCCC(C)C2)c1. The summed E-state index contributed by atoms with van der Waals surface area (Å²) in [5, 5.41) is 5.51. The van der Waals surface area contributed by atoms with Gasteiger partial charge in [0.2, 0.25) is 0 Å². The summed E-state index contributed by atoms with van der Waals surface area (Å²) >= 11 is 1.98. The van der Waals surface area contributed by atoms with E-state index in [0.717, 1.165) is 17.7 Å². The average Bonchev–Trinajstić information content (AvgIpc) is 2.45. The molecule has 0 aliphatic heterocycles. The van der Waals surface area contributed by atoms with E-state index in [0.29, 0.717) is 6.04 Å². The van der Waals surface area contributed by atoms with E-state index in [2.05, 4.69) is 43.2 Å². The third-order valence-electron chi connectivity index (χ3n) is 4.14. The summed E-state index contributed by atoms with van der Waals surface area (Å²) in [6.45, 7) is 7.90. The Morgan fingerprint density at radius 3 is 3.05 bits per heavy atom. The van der Waals surface area contributed by atoms with Gasteiger partial charge in [0.15, 0.2) is 0 Å². The maximum Gasteiger partial charge on any atom is 0.0965 e. The van der Waals surface area contributed by atoms with Crippen molar-refractivity contribution in [2.75, 3.05) is 6.54 Å². The van der Waals surface area contributed by atoms with E-state index in [4.69, 9.17) is 0 Å². The second-order valence-corrected chi connectivity index (χ2v) is 7.44. The molecule has 1 aliphatic rings. The molecule has 1 fully saturated rings. The summed E-state index contributed by atoms with van der Waals surface area (Å²) in [5.74, 6) is 0.884. The summed E-state index contributed by atoms with van der Waals surface area (Å²) in [5.41, 5.74) is 1.36. The maximum atomic E-state index is 4.56. The molecule has 3 unspecified atom stereocenters. The Morgan fingerprint density at radius 2 is 2.30 bits per heavy atom. The number of hydrogen-bond donors (Lipinski definition) is 1. The van der Waals surface area contributed by atoms with E-state index in [1.807, 2.05) is 18.0 Å². The number of hydrogen-bond acceptors (Lipinski definition) is 3. The third-order valence-corrected chi connectivity index (χ3v) is 5.36. The van der Waals surface area contributed by atoms with Crippen LogP contribution in [0.3, 0.4) is 0 Å². The number of thioether (sulfide) groups is 1. The first-order valence-corrected chi connectivity index (χ1v) is 8.93. The van der Waals surface area contributed by atoms with Crippen molar-refractivity contribution in [1.29, 1.82) is 0 Å². The molecule has 0 radical (unpaired) electrons. The zero-order chi connectivity index (χ0) is 14.4. The van der Waals surface area contributed by atoms with E-state index >= 15 is 0 Å². The van der Waals surface area contributed by atoms with Gasteiger partial charge in [-0.05, 0) is 56.3 Å². The van der Waals surface area contributed by atoms with Crippen LogP contribution in [0.15, 0.2) is 23.4 Å². The molecule has 1 heterocycles. The van der Waals surface area contributed by atoms with Crippen molar-refractivity contribution in [3.8, 4) is 0 Å². The van der Waals surface area contributed by atoms with Crippen LogP contribution < -0.4 is 5.32 Å². The first-order chi connectivity index (χ1) is 9.69. The van der Waals surface area contributed by atoms with Gasteiger partial charge in [-0.3, -0.25) is 0 Å². The lowest BCUT2D eigenvalue weighted by molar-refractivity contribution is 0.394. The minimum Gasteiger partial charge on any atom is -0.310 e. The lowest BCUT2D eigenvalue weighted by Crippen LogP contribution is -2.19. The molecule has 2 rings (SSSR count). The predicted octanol–water partition coefficient (Wildman–Crippen LogP) is 4.81. The molecule has 0 amide bonds. The van der Waals surface area contributed by atoms with Gasteiger partial charge in [0.25, 0.3) is 0 Å². The Morgan fingerprint density at radius 1 is 1.45 bits per heavy atom. The molecule has 1 aliphatic carbocycles. The monoisotopic (exact) mass is 292 g/mol. The molecule has 0 bridgehead atoms. The zero-order valence-corrected chi connectivity index (χ0v) is 13.9. The molecular weight excluding hydrogens is 264 g/mol. The van der Waals surface area contributed by atoms with E-state index in [-0.39, 0.29) is 0 Å². The summed E-state index contributed by atoms with van der Waals surface area (Å²) in [6, 6.07) is 4.83. The van der Waals surface area contributed by atoms with Crippen molar-refractivity contribution < 1.29 is 0 Å². The lowest BCUT2D eigenvalue weighted by atomic mass is 9.91. The topological polar surface area (TPSA) is 24.9 Å². The van der Waals surface area contributed by atoms with E-state index < -0.39 is 0 Å². The van der Waals surface area contributed by atoms with Gasteiger partial charge < -0.3 is 5.32 Å². The van der Waals surface area contributed by atoms with Crippen LogP contribution in [0.2, 0.25) is 0 Å². The van der Waals surface area contributed by atoms with Gasteiger partial charge in [0, 0.05) is 17.5 Å². The van der Waals surface area contributed by atoms with Gasteiger partial charge >= 0.3 is 0 Å². The standard InChI is InChI=1S/C17H28N2S/c1-4-9-18-14(3)15-8-10-19-17(12-15)20-16-7-5-6-13(2)11-16/h8,10,12-14,16,18H,4-7,9,11H2,1-3H3. The lowest BCUT2D eigenvalue weighted by Gasteiger charge is -2.26. The van der Waals surface area contributed by atoms with Crippen molar-refractivity contribution in [3.05, 3.63) is 23.9 Å². The van der Waals surface area contributed by atoms with Crippen molar-refractivity contribution in [2.45, 2.75) is 69.2 Å². The molecule has 0 aromatic carbocycles. The Balaban J connectivity index is 1.94. The zero-order valence-electron chi connectivity index (χ0n) is 13.1. The highest BCUT2D eigenvalue weighted by Gasteiger charge is 2.20. The van der Waals surface area contributed by atoms with E-state index in [1.165, 1.54) is 42.7 Å². The largest absolute Gasteiger partial charge is 0.310 e. The summed E-state index contributed by atoms with van der Waals surface area (Å²) in [7, 11) is 0. The van der Waals surface area contributed by atoms with Crippen molar-refractivity contribution >= 4 is 11.8 Å². The predicted molar refractivity (Wildman–Crippen MR) is 88.2 cm³/mol.